The van der Waals surface area contributed by atoms with Crippen molar-refractivity contribution in [1.82, 2.24) is 5.43 Å². The number of amides is 1. The zero-order valence-corrected chi connectivity index (χ0v) is 13.8. The second-order valence-corrected chi connectivity index (χ2v) is 4.85. The molecule has 2 aromatic rings. The van der Waals surface area contributed by atoms with Gasteiger partial charge >= 0.3 is 0 Å². The largest absolute Gasteiger partial charge is 0.493 e. The van der Waals surface area contributed by atoms with Gasteiger partial charge in [0.1, 0.15) is 0 Å². The number of carbonyl (C=O) groups excluding carboxylic acids is 1. The highest BCUT2D eigenvalue weighted by Crippen LogP contribution is 2.27. The third-order valence-electron chi connectivity index (χ3n) is 3.21. The lowest BCUT2D eigenvalue weighted by molar-refractivity contribution is -0.384. The van der Waals surface area contributed by atoms with E-state index in [1.54, 1.807) is 25.3 Å². The Kier molecular flexibility index (Phi) is 6.05. The first-order valence-corrected chi connectivity index (χ1v) is 7.44. The summed E-state index contributed by atoms with van der Waals surface area (Å²) in [7, 11) is 1.55. The van der Waals surface area contributed by atoms with Gasteiger partial charge in [-0.25, -0.2) is 5.43 Å². The van der Waals surface area contributed by atoms with Gasteiger partial charge in [0, 0.05) is 17.7 Å². The molecule has 130 valence electrons. The van der Waals surface area contributed by atoms with Gasteiger partial charge in [0.05, 0.1) is 24.9 Å². The SMILES string of the molecule is CCOc1cc(/C=N/NC(=O)c2ccc([N+](=O)[O-])cc2)ccc1OC. The summed E-state index contributed by atoms with van der Waals surface area (Å²) in [6.07, 6.45) is 1.46. The van der Waals surface area contributed by atoms with E-state index in [4.69, 9.17) is 9.47 Å². The van der Waals surface area contributed by atoms with E-state index in [1.807, 2.05) is 6.92 Å². The minimum Gasteiger partial charge on any atom is -0.493 e. The standard InChI is InChI=1S/C17H17N3O5/c1-3-25-16-10-12(4-9-15(16)24-2)11-18-19-17(21)13-5-7-14(8-6-13)20(22)23/h4-11H,3H2,1-2H3,(H,19,21)/b18-11+. The number of nitrogens with zero attached hydrogens (tertiary/aromatic N) is 2. The zero-order valence-electron chi connectivity index (χ0n) is 13.8. The summed E-state index contributed by atoms with van der Waals surface area (Å²) in [5.41, 5.74) is 3.27. The van der Waals surface area contributed by atoms with E-state index in [9.17, 15) is 14.9 Å². The summed E-state index contributed by atoms with van der Waals surface area (Å²) in [6.45, 7) is 2.36. The van der Waals surface area contributed by atoms with Crippen LogP contribution in [0.25, 0.3) is 0 Å². The quantitative estimate of drug-likeness (QED) is 0.473. The number of non-ortho nitro benzene ring substituents is 1. The summed E-state index contributed by atoms with van der Waals surface area (Å²) in [4.78, 5) is 22.0. The summed E-state index contributed by atoms with van der Waals surface area (Å²) in [5, 5.41) is 14.5. The van der Waals surface area contributed by atoms with Gasteiger partial charge in [0.2, 0.25) is 0 Å². The molecule has 0 aliphatic carbocycles. The van der Waals surface area contributed by atoms with Crippen LogP contribution in [0.15, 0.2) is 47.6 Å². The molecule has 0 aliphatic heterocycles. The summed E-state index contributed by atoms with van der Waals surface area (Å²) >= 11 is 0. The first kappa shape index (κ1) is 17.9. The minimum absolute atomic E-state index is 0.0817. The molecule has 2 rings (SSSR count). The van der Waals surface area contributed by atoms with Crippen LogP contribution in [0.2, 0.25) is 0 Å². The van der Waals surface area contributed by atoms with Crippen LogP contribution in [0.3, 0.4) is 0 Å². The van der Waals surface area contributed by atoms with E-state index in [0.29, 0.717) is 23.7 Å². The molecule has 0 heterocycles. The maximum atomic E-state index is 11.9. The van der Waals surface area contributed by atoms with Crippen molar-refractivity contribution >= 4 is 17.8 Å². The predicted octanol–water partition coefficient (Wildman–Crippen LogP) is 2.77. The third kappa shape index (κ3) is 4.77. The molecule has 0 saturated carbocycles. The fourth-order valence-corrected chi connectivity index (χ4v) is 2.01. The highest BCUT2D eigenvalue weighted by atomic mass is 16.6. The van der Waals surface area contributed by atoms with Crippen molar-refractivity contribution in [2.75, 3.05) is 13.7 Å². The van der Waals surface area contributed by atoms with Gasteiger partial charge in [-0.3, -0.25) is 14.9 Å². The number of nitro groups is 1. The lowest BCUT2D eigenvalue weighted by atomic mass is 10.2. The third-order valence-corrected chi connectivity index (χ3v) is 3.21. The highest BCUT2D eigenvalue weighted by Gasteiger charge is 2.09. The van der Waals surface area contributed by atoms with E-state index in [2.05, 4.69) is 10.5 Å². The number of hydrogen-bond acceptors (Lipinski definition) is 6. The van der Waals surface area contributed by atoms with Crippen LogP contribution in [0.4, 0.5) is 5.69 Å². The molecule has 2 aromatic carbocycles. The van der Waals surface area contributed by atoms with Gasteiger partial charge in [-0.2, -0.15) is 5.10 Å². The molecule has 1 N–H and O–H groups in total. The number of carbonyl (C=O) groups is 1. The van der Waals surface area contributed by atoms with E-state index < -0.39 is 10.8 Å². The van der Waals surface area contributed by atoms with Crippen molar-refractivity contribution in [3.63, 3.8) is 0 Å². The fraction of sp³-hybridized carbons (Fsp3) is 0.176. The molecule has 0 radical (unpaired) electrons. The smallest absolute Gasteiger partial charge is 0.271 e. The van der Waals surface area contributed by atoms with Gasteiger partial charge in [-0.05, 0) is 42.8 Å². The molecule has 0 unspecified atom stereocenters. The average Bonchev–Trinajstić information content (AvgIpc) is 2.62. The summed E-state index contributed by atoms with van der Waals surface area (Å²) in [5.74, 6) is 0.717. The van der Waals surface area contributed by atoms with E-state index >= 15 is 0 Å². The van der Waals surface area contributed by atoms with Gasteiger partial charge < -0.3 is 9.47 Å². The van der Waals surface area contributed by atoms with Crippen LogP contribution in [0.1, 0.15) is 22.8 Å². The summed E-state index contributed by atoms with van der Waals surface area (Å²) in [6, 6.07) is 10.5. The number of benzene rings is 2. The van der Waals surface area contributed by atoms with Crippen molar-refractivity contribution in [2.24, 2.45) is 5.10 Å². The molecule has 0 fully saturated rings. The lowest BCUT2D eigenvalue weighted by Crippen LogP contribution is -2.17. The molecule has 0 saturated heterocycles. The maximum absolute atomic E-state index is 11.9. The summed E-state index contributed by atoms with van der Waals surface area (Å²) < 4.78 is 10.7. The Morgan fingerprint density at radius 1 is 1.24 bits per heavy atom. The average molecular weight is 343 g/mol. The van der Waals surface area contributed by atoms with Crippen LogP contribution in [0.5, 0.6) is 11.5 Å². The monoisotopic (exact) mass is 343 g/mol. The second-order valence-electron chi connectivity index (χ2n) is 4.85. The van der Waals surface area contributed by atoms with Crippen molar-refractivity contribution < 1.29 is 19.2 Å². The first-order chi connectivity index (χ1) is 12.0. The molecule has 25 heavy (non-hydrogen) atoms. The Morgan fingerprint density at radius 3 is 2.56 bits per heavy atom. The molecule has 1 amide bonds. The number of nitro benzene ring substituents is 1. The molecular weight excluding hydrogens is 326 g/mol. The molecule has 8 nitrogen and oxygen atoms in total. The molecule has 0 aliphatic rings. The molecule has 0 atom stereocenters. The van der Waals surface area contributed by atoms with Crippen molar-refractivity contribution in [3.8, 4) is 11.5 Å². The Hall–Kier alpha value is -3.42. The number of hydrazone groups is 1. The highest BCUT2D eigenvalue weighted by molar-refractivity contribution is 5.95. The van der Waals surface area contributed by atoms with Gasteiger partial charge in [0.15, 0.2) is 11.5 Å². The minimum atomic E-state index is -0.528. The van der Waals surface area contributed by atoms with Crippen LogP contribution < -0.4 is 14.9 Å². The fourth-order valence-electron chi connectivity index (χ4n) is 2.01. The Labute approximate surface area is 144 Å². The Morgan fingerprint density at radius 2 is 1.96 bits per heavy atom. The van der Waals surface area contributed by atoms with Crippen LogP contribution in [-0.2, 0) is 0 Å². The number of methoxy groups -OCH3 is 1. The normalized spacial score (nSPS) is 10.5. The Bertz CT molecular complexity index is 787. The molecule has 0 spiro atoms. The zero-order chi connectivity index (χ0) is 18.2. The van der Waals surface area contributed by atoms with Gasteiger partial charge in [-0.15, -0.1) is 0 Å². The van der Waals surface area contributed by atoms with Gasteiger partial charge in [0.25, 0.3) is 11.6 Å². The van der Waals surface area contributed by atoms with Crippen LogP contribution in [-0.4, -0.2) is 30.8 Å². The second kappa shape index (κ2) is 8.44. The number of nitrogens with one attached hydrogen (secondary N) is 1. The first-order valence-electron chi connectivity index (χ1n) is 7.44. The maximum Gasteiger partial charge on any atom is 0.271 e. The van der Waals surface area contributed by atoms with Crippen LogP contribution >= 0.6 is 0 Å². The lowest BCUT2D eigenvalue weighted by Gasteiger charge is -2.09. The van der Waals surface area contributed by atoms with E-state index in [1.165, 1.54) is 30.5 Å². The van der Waals surface area contributed by atoms with Crippen molar-refractivity contribution in [1.29, 1.82) is 0 Å². The van der Waals surface area contributed by atoms with Crippen molar-refractivity contribution in [3.05, 3.63) is 63.7 Å². The molecular formula is C17H17N3O5. The van der Waals surface area contributed by atoms with E-state index in [-0.39, 0.29) is 11.3 Å². The number of rotatable bonds is 7. The molecule has 0 bridgehead atoms. The molecule has 0 aromatic heterocycles. The number of hydrogen-bond donors (Lipinski definition) is 1. The topological polar surface area (TPSA) is 103 Å². The molecule has 8 heteroatoms. The van der Waals surface area contributed by atoms with E-state index in [0.717, 1.165) is 0 Å². The Balaban J connectivity index is 2.03. The van der Waals surface area contributed by atoms with Crippen LogP contribution in [0, 0.1) is 10.1 Å². The number of ether oxygens (including phenoxy) is 2. The predicted molar refractivity (Wildman–Crippen MR) is 92.3 cm³/mol. The van der Waals surface area contributed by atoms with Gasteiger partial charge in [-0.1, -0.05) is 0 Å². The van der Waals surface area contributed by atoms with Crippen molar-refractivity contribution in [2.45, 2.75) is 6.92 Å².